The van der Waals surface area contributed by atoms with E-state index >= 15 is 0 Å². The lowest BCUT2D eigenvalue weighted by Crippen LogP contribution is -2.50. The molecule has 35 heavy (non-hydrogen) atoms. The Morgan fingerprint density at radius 2 is 1.69 bits per heavy atom. The van der Waals surface area contributed by atoms with Crippen LogP contribution in [0.15, 0.2) is 67.0 Å². The van der Waals surface area contributed by atoms with Crippen LogP contribution in [-0.2, 0) is 11.0 Å². The maximum absolute atomic E-state index is 13.2. The molecule has 9 heteroatoms. The van der Waals surface area contributed by atoms with Gasteiger partial charge in [-0.2, -0.15) is 18.4 Å². The van der Waals surface area contributed by atoms with Gasteiger partial charge in [0.1, 0.15) is 5.75 Å². The van der Waals surface area contributed by atoms with Crippen LogP contribution in [0.3, 0.4) is 0 Å². The molecule has 6 nitrogen and oxygen atoms in total. The molecule has 0 spiro atoms. The van der Waals surface area contributed by atoms with Crippen molar-refractivity contribution in [1.29, 1.82) is 5.26 Å². The highest BCUT2D eigenvalue weighted by atomic mass is 19.4. The standard InChI is InChI=1S/C26H25F3N4O2/c1-25(2,24(34)33-21-7-4-20(17-30)23(16-21)26(27,28)29)32-12-3-15-35-22-8-5-18(6-9-22)19-10-13-31-14-11-19/h4-11,13-14,16,32H,3,12,15H2,1-2H3,(H,33,34). The number of ether oxygens (including phenoxy) is 1. The van der Waals surface area contributed by atoms with Gasteiger partial charge in [0.25, 0.3) is 0 Å². The molecule has 0 fully saturated rings. The van der Waals surface area contributed by atoms with Crippen molar-refractivity contribution in [2.45, 2.75) is 32.0 Å². The first-order valence-corrected chi connectivity index (χ1v) is 10.9. The van der Waals surface area contributed by atoms with Crippen LogP contribution in [0.5, 0.6) is 5.75 Å². The highest BCUT2D eigenvalue weighted by Gasteiger charge is 2.34. The van der Waals surface area contributed by atoms with E-state index in [0.29, 0.717) is 19.6 Å². The van der Waals surface area contributed by atoms with E-state index < -0.39 is 28.7 Å². The fourth-order valence-corrected chi connectivity index (χ4v) is 3.27. The summed E-state index contributed by atoms with van der Waals surface area (Å²) < 4.78 is 45.2. The van der Waals surface area contributed by atoms with E-state index in [2.05, 4.69) is 15.6 Å². The predicted molar refractivity (Wildman–Crippen MR) is 127 cm³/mol. The van der Waals surface area contributed by atoms with Gasteiger partial charge in [-0.3, -0.25) is 9.78 Å². The number of hydrogen-bond donors (Lipinski definition) is 2. The van der Waals surface area contributed by atoms with Crippen molar-refractivity contribution in [2.24, 2.45) is 0 Å². The summed E-state index contributed by atoms with van der Waals surface area (Å²) in [7, 11) is 0. The molecule has 1 amide bonds. The van der Waals surface area contributed by atoms with Crippen LogP contribution in [0.1, 0.15) is 31.4 Å². The number of halogens is 3. The summed E-state index contributed by atoms with van der Waals surface area (Å²) in [5.41, 5.74) is -0.548. The number of nitrogens with one attached hydrogen (secondary N) is 2. The fraction of sp³-hybridized carbons (Fsp3) is 0.269. The summed E-state index contributed by atoms with van der Waals surface area (Å²) >= 11 is 0. The van der Waals surface area contributed by atoms with Gasteiger partial charge in [-0.25, -0.2) is 0 Å². The van der Waals surface area contributed by atoms with Gasteiger partial charge < -0.3 is 15.4 Å². The Kier molecular flexibility index (Phi) is 8.10. The molecule has 1 aromatic heterocycles. The van der Waals surface area contributed by atoms with Gasteiger partial charge in [-0.1, -0.05) is 12.1 Å². The molecule has 3 aromatic rings. The van der Waals surface area contributed by atoms with Crippen LogP contribution in [0.25, 0.3) is 11.1 Å². The third-order valence-corrected chi connectivity index (χ3v) is 5.30. The molecule has 0 aliphatic heterocycles. The van der Waals surface area contributed by atoms with Crippen molar-refractivity contribution in [3.63, 3.8) is 0 Å². The number of benzene rings is 2. The van der Waals surface area contributed by atoms with E-state index in [1.165, 1.54) is 12.1 Å². The Morgan fingerprint density at radius 3 is 2.31 bits per heavy atom. The molecule has 182 valence electrons. The lowest BCUT2D eigenvalue weighted by atomic mass is 10.0. The number of carbonyl (C=O) groups is 1. The third-order valence-electron chi connectivity index (χ3n) is 5.30. The molecular formula is C26H25F3N4O2. The van der Waals surface area contributed by atoms with Gasteiger partial charge in [0, 0.05) is 18.1 Å². The molecule has 2 N–H and O–H groups in total. The topological polar surface area (TPSA) is 87.0 Å². The quantitative estimate of drug-likeness (QED) is 0.398. The largest absolute Gasteiger partial charge is 0.494 e. The molecule has 0 unspecified atom stereocenters. The molecule has 0 bridgehead atoms. The number of nitriles is 1. The second-order valence-electron chi connectivity index (χ2n) is 8.34. The molecule has 0 aliphatic carbocycles. The van der Waals surface area contributed by atoms with Crippen molar-refractivity contribution in [3.05, 3.63) is 78.1 Å². The highest BCUT2D eigenvalue weighted by molar-refractivity contribution is 5.97. The smallest absolute Gasteiger partial charge is 0.417 e. The van der Waals surface area contributed by atoms with E-state index in [0.717, 1.165) is 29.0 Å². The van der Waals surface area contributed by atoms with Crippen LogP contribution in [0, 0.1) is 11.3 Å². The molecule has 1 heterocycles. The first kappa shape index (κ1) is 25.7. The predicted octanol–water partition coefficient (Wildman–Crippen LogP) is 5.41. The molecule has 0 saturated heterocycles. The van der Waals surface area contributed by atoms with Gasteiger partial charge in [0.15, 0.2) is 0 Å². The lowest BCUT2D eigenvalue weighted by Gasteiger charge is -2.25. The molecule has 0 atom stereocenters. The SMILES string of the molecule is CC(C)(NCCCOc1ccc(-c2ccncc2)cc1)C(=O)Nc1ccc(C#N)c(C(F)(F)F)c1. The lowest BCUT2D eigenvalue weighted by molar-refractivity contribution is -0.137. The van der Waals surface area contributed by atoms with Gasteiger partial charge in [-0.15, -0.1) is 0 Å². The minimum absolute atomic E-state index is 0.0326. The average Bonchev–Trinajstić information content (AvgIpc) is 2.84. The first-order valence-electron chi connectivity index (χ1n) is 10.9. The zero-order chi connectivity index (χ0) is 25.5. The summed E-state index contributed by atoms with van der Waals surface area (Å²) in [6, 6.07) is 16.1. The Morgan fingerprint density at radius 1 is 1.03 bits per heavy atom. The van der Waals surface area contributed by atoms with E-state index in [9.17, 15) is 18.0 Å². The Bertz CT molecular complexity index is 1190. The zero-order valence-electron chi connectivity index (χ0n) is 19.3. The van der Waals surface area contributed by atoms with Gasteiger partial charge in [0.2, 0.25) is 5.91 Å². The monoisotopic (exact) mass is 482 g/mol. The van der Waals surface area contributed by atoms with E-state index in [1.807, 2.05) is 36.4 Å². The number of alkyl halides is 3. The summed E-state index contributed by atoms with van der Waals surface area (Å²) in [5.74, 6) is 0.226. The third kappa shape index (κ3) is 7.04. The Labute approximate surface area is 201 Å². The fourth-order valence-electron chi connectivity index (χ4n) is 3.27. The van der Waals surface area contributed by atoms with Crippen LogP contribution >= 0.6 is 0 Å². The number of carbonyl (C=O) groups excluding carboxylic acids is 1. The number of anilines is 1. The van der Waals surface area contributed by atoms with E-state index in [1.54, 1.807) is 26.2 Å². The van der Waals surface area contributed by atoms with Gasteiger partial charge in [0.05, 0.1) is 29.3 Å². The van der Waals surface area contributed by atoms with Crippen molar-refractivity contribution < 1.29 is 22.7 Å². The summed E-state index contributed by atoms with van der Waals surface area (Å²) in [5, 5.41) is 14.5. The van der Waals surface area contributed by atoms with Crippen LogP contribution in [0.4, 0.5) is 18.9 Å². The maximum Gasteiger partial charge on any atom is 0.417 e. The van der Waals surface area contributed by atoms with Gasteiger partial charge >= 0.3 is 6.18 Å². The van der Waals surface area contributed by atoms with E-state index in [4.69, 9.17) is 10.00 Å². The van der Waals surface area contributed by atoms with Gasteiger partial charge in [-0.05, 0) is 80.4 Å². The molecule has 2 aromatic carbocycles. The Hall–Kier alpha value is -3.90. The van der Waals surface area contributed by atoms with Crippen molar-refractivity contribution in [2.75, 3.05) is 18.5 Å². The van der Waals surface area contributed by atoms with Crippen LogP contribution in [-0.4, -0.2) is 29.6 Å². The summed E-state index contributed by atoms with van der Waals surface area (Å²) in [4.78, 5) is 16.6. The minimum Gasteiger partial charge on any atom is -0.494 e. The molecule has 0 aliphatic rings. The number of rotatable bonds is 9. The van der Waals surface area contributed by atoms with Crippen molar-refractivity contribution in [3.8, 4) is 22.9 Å². The summed E-state index contributed by atoms with van der Waals surface area (Å²) in [6.07, 6.45) is -0.617. The molecule has 3 rings (SSSR count). The first-order chi connectivity index (χ1) is 16.6. The maximum atomic E-state index is 13.2. The van der Waals surface area contributed by atoms with Crippen LogP contribution < -0.4 is 15.4 Å². The molecule has 0 saturated carbocycles. The second kappa shape index (κ2) is 11.0. The number of aromatic nitrogens is 1. The average molecular weight is 483 g/mol. The number of nitrogens with zero attached hydrogens (tertiary/aromatic N) is 2. The highest BCUT2D eigenvalue weighted by Crippen LogP contribution is 2.33. The minimum atomic E-state index is -4.70. The van der Waals surface area contributed by atoms with Crippen molar-refractivity contribution >= 4 is 11.6 Å². The number of pyridine rings is 1. The number of hydrogen-bond acceptors (Lipinski definition) is 5. The molecular weight excluding hydrogens is 457 g/mol. The normalized spacial score (nSPS) is 11.5. The second-order valence-corrected chi connectivity index (χ2v) is 8.34. The number of amides is 1. The zero-order valence-corrected chi connectivity index (χ0v) is 19.3. The molecule has 0 radical (unpaired) electrons. The van der Waals surface area contributed by atoms with E-state index in [-0.39, 0.29) is 5.69 Å². The van der Waals surface area contributed by atoms with Crippen molar-refractivity contribution in [1.82, 2.24) is 10.3 Å². The Balaban J connectivity index is 1.47. The van der Waals surface area contributed by atoms with Crippen LogP contribution in [0.2, 0.25) is 0 Å². The summed E-state index contributed by atoms with van der Waals surface area (Å²) in [6.45, 7) is 4.14.